The van der Waals surface area contributed by atoms with E-state index in [1.54, 1.807) is 17.5 Å². The van der Waals surface area contributed by atoms with E-state index in [4.69, 9.17) is 22.3 Å². The molecule has 0 radical (unpaired) electrons. The molecule has 8 N–H and O–H groups in total. The Hall–Kier alpha value is -2.57. The number of hydrogen-bond acceptors (Lipinski definition) is 6. The second-order valence-electron chi connectivity index (χ2n) is 3.95. The lowest BCUT2D eigenvalue weighted by atomic mass is 10.2. The van der Waals surface area contributed by atoms with E-state index in [-0.39, 0.29) is 17.5 Å². The van der Waals surface area contributed by atoms with Gasteiger partial charge in [0.15, 0.2) is 11.8 Å². The van der Waals surface area contributed by atoms with Crippen molar-refractivity contribution in [3.05, 3.63) is 29.3 Å². The standard InChI is InChI=1S/C10H12N8O2S2/c11-8(18-22(14,19)20)6-3-1-2-5(15-6)7-4-21-10(16-7)17-9(12)13/h1-4H,(H2,11,18)(H2,14,19,20)(H4,12,13,16,17). The number of rotatable bonds is 4. The van der Waals surface area contributed by atoms with E-state index < -0.39 is 10.2 Å². The van der Waals surface area contributed by atoms with Gasteiger partial charge in [-0.3, -0.25) is 0 Å². The molecule has 0 aromatic carbocycles. The van der Waals surface area contributed by atoms with Gasteiger partial charge in [-0.05, 0) is 12.1 Å². The van der Waals surface area contributed by atoms with Crippen molar-refractivity contribution in [2.45, 2.75) is 0 Å². The van der Waals surface area contributed by atoms with Crippen LogP contribution in [0.3, 0.4) is 0 Å². The Morgan fingerprint density at radius 2 is 1.86 bits per heavy atom. The molecule has 2 aromatic rings. The van der Waals surface area contributed by atoms with Gasteiger partial charge in [0, 0.05) is 5.38 Å². The van der Waals surface area contributed by atoms with E-state index >= 15 is 0 Å². The highest BCUT2D eigenvalue weighted by Crippen LogP contribution is 2.25. The van der Waals surface area contributed by atoms with Crippen LogP contribution in [0.25, 0.3) is 11.4 Å². The van der Waals surface area contributed by atoms with E-state index in [1.807, 2.05) is 0 Å². The lowest BCUT2D eigenvalue weighted by Gasteiger charge is -2.01. The zero-order chi connectivity index (χ0) is 16.3. The summed E-state index contributed by atoms with van der Waals surface area (Å²) in [7, 11) is -4.09. The molecular formula is C10H12N8O2S2. The number of guanidine groups is 1. The highest BCUT2D eigenvalue weighted by atomic mass is 32.2. The molecule has 0 fully saturated rings. The summed E-state index contributed by atoms with van der Waals surface area (Å²) < 4.78 is 25.0. The smallest absolute Gasteiger partial charge is 0.319 e. The van der Waals surface area contributed by atoms with Gasteiger partial charge in [-0.1, -0.05) is 6.07 Å². The maximum atomic E-state index is 10.9. The summed E-state index contributed by atoms with van der Waals surface area (Å²) in [4.78, 5) is 12.2. The van der Waals surface area contributed by atoms with Crippen LogP contribution in [0.2, 0.25) is 0 Å². The van der Waals surface area contributed by atoms with Crippen LogP contribution in [-0.4, -0.2) is 30.2 Å². The van der Waals surface area contributed by atoms with Crippen LogP contribution in [0.4, 0.5) is 5.13 Å². The van der Waals surface area contributed by atoms with Crippen molar-refractivity contribution >= 4 is 38.5 Å². The topological polar surface area (TPSA) is 189 Å². The summed E-state index contributed by atoms with van der Waals surface area (Å²) in [6, 6.07) is 4.79. The third-order valence-corrected chi connectivity index (χ3v) is 3.40. The lowest BCUT2D eigenvalue weighted by molar-refractivity contribution is 0.599. The molecule has 12 heteroatoms. The second kappa shape index (κ2) is 6.05. The van der Waals surface area contributed by atoms with E-state index in [1.165, 1.54) is 17.4 Å². The quantitative estimate of drug-likeness (QED) is 0.406. The Morgan fingerprint density at radius 1 is 1.14 bits per heavy atom. The van der Waals surface area contributed by atoms with Crippen LogP contribution in [0.15, 0.2) is 33.0 Å². The van der Waals surface area contributed by atoms with Crippen molar-refractivity contribution in [3.63, 3.8) is 0 Å². The zero-order valence-electron chi connectivity index (χ0n) is 11.0. The first-order valence-corrected chi connectivity index (χ1v) is 8.04. The fraction of sp³-hybridized carbons (Fsp3) is 0. The normalized spacial score (nSPS) is 12.1. The fourth-order valence-electron chi connectivity index (χ4n) is 1.45. The van der Waals surface area contributed by atoms with Crippen LogP contribution >= 0.6 is 11.3 Å². The molecule has 0 spiro atoms. The lowest BCUT2D eigenvalue weighted by Crippen LogP contribution is -2.21. The van der Waals surface area contributed by atoms with E-state index in [0.717, 1.165) is 0 Å². The highest BCUT2D eigenvalue weighted by Gasteiger charge is 2.10. The van der Waals surface area contributed by atoms with Crippen molar-refractivity contribution in [1.29, 1.82) is 0 Å². The highest BCUT2D eigenvalue weighted by molar-refractivity contribution is 7.88. The molecule has 0 aliphatic carbocycles. The number of hydrogen-bond donors (Lipinski definition) is 4. The number of amidine groups is 1. The third-order valence-electron chi connectivity index (χ3n) is 2.22. The number of aliphatic imine (C=N–C) groups is 1. The van der Waals surface area contributed by atoms with Crippen LogP contribution in [0.1, 0.15) is 5.69 Å². The van der Waals surface area contributed by atoms with Crippen LogP contribution in [0.5, 0.6) is 0 Å². The second-order valence-corrected chi connectivity index (χ2v) is 6.00. The Kier molecular flexibility index (Phi) is 4.35. The summed E-state index contributed by atoms with van der Waals surface area (Å²) in [5.74, 6) is -0.420. The van der Waals surface area contributed by atoms with Crippen molar-refractivity contribution < 1.29 is 8.42 Å². The fourth-order valence-corrected chi connectivity index (χ4v) is 2.51. The number of aromatic nitrogens is 2. The average molecular weight is 340 g/mol. The Balaban J connectivity index is 2.39. The summed E-state index contributed by atoms with van der Waals surface area (Å²) in [5, 5.41) is 6.86. The minimum absolute atomic E-state index is 0.104. The molecule has 0 saturated carbocycles. The SMILES string of the molecule is NC(N)=Nc1nc(-c2cccc(C(N)=NS(N)(=O)=O)n2)cs1. The van der Waals surface area contributed by atoms with E-state index in [9.17, 15) is 8.42 Å². The predicted molar refractivity (Wildman–Crippen MR) is 84.6 cm³/mol. The van der Waals surface area contributed by atoms with E-state index in [0.29, 0.717) is 16.5 Å². The van der Waals surface area contributed by atoms with Gasteiger partial charge >= 0.3 is 10.2 Å². The first-order chi connectivity index (χ1) is 10.2. The largest absolute Gasteiger partial charge is 0.381 e. The molecule has 0 aliphatic heterocycles. The maximum absolute atomic E-state index is 10.9. The van der Waals surface area contributed by atoms with Crippen molar-refractivity contribution in [2.24, 2.45) is 31.7 Å². The van der Waals surface area contributed by atoms with Crippen LogP contribution in [0, 0.1) is 0 Å². The van der Waals surface area contributed by atoms with Gasteiger partial charge in [-0.2, -0.15) is 13.4 Å². The van der Waals surface area contributed by atoms with Gasteiger partial charge in [0.2, 0.25) is 5.13 Å². The van der Waals surface area contributed by atoms with Gasteiger partial charge in [-0.25, -0.2) is 15.1 Å². The molecule has 2 heterocycles. The molecule has 2 rings (SSSR count). The molecule has 10 nitrogen and oxygen atoms in total. The van der Waals surface area contributed by atoms with Gasteiger partial charge in [0.05, 0.1) is 5.69 Å². The number of thiazole rings is 1. The Labute approximate surface area is 129 Å². The number of pyridine rings is 1. The molecule has 0 amide bonds. The van der Waals surface area contributed by atoms with Gasteiger partial charge < -0.3 is 17.2 Å². The number of nitrogens with two attached hydrogens (primary N) is 4. The average Bonchev–Trinajstić information content (AvgIpc) is 2.84. The minimum Gasteiger partial charge on any atom is -0.381 e. The van der Waals surface area contributed by atoms with Crippen LogP contribution < -0.4 is 22.3 Å². The molecule has 22 heavy (non-hydrogen) atoms. The van der Waals surface area contributed by atoms with Gasteiger partial charge in [0.25, 0.3) is 0 Å². The minimum atomic E-state index is -4.09. The Morgan fingerprint density at radius 3 is 2.50 bits per heavy atom. The maximum Gasteiger partial charge on any atom is 0.319 e. The zero-order valence-corrected chi connectivity index (χ0v) is 12.7. The monoisotopic (exact) mass is 340 g/mol. The third kappa shape index (κ3) is 4.21. The summed E-state index contributed by atoms with van der Waals surface area (Å²) >= 11 is 1.22. The Bertz CT molecular complexity index is 851. The van der Waals surface area contributed by atoms with Crippen molar-refractivity contribution in [1.82, 2.24) is 9.97 Å². The molecule has 0 bridgehead atoms. The van der Waals surface area contributed by atoms with Crippen molar-refractivity contribution in [3.8, 4) is 11.4 Å². The van der Waals surface area contributed by atoms with Crippen molar-refractivity contribution in [2.75, 3.05) is 0 Å². The number of nitrogens with zero attached hydrogens (tertiary/aromatic N) is 4. The van der Waals surface area contributed by atoms with Gasteiger partial charge in [0.1, 0.15) is 11.4 Å². The first kappa shape index (κ1) is 15.8. The van der Waals surface area contributed by atoms with Gasteiger partial charge in [-0.15, -0.1) is 15.7 Å². The summed E-state index contributed by atoms with van der Waals surface area (Å²) in [5.41, 5.74) is 17.2. The molecule has 0 saturated heterocycles. The predicted octanol–water partition coefficient (Wildman–Crippen LogP) is -0.981. The summed E-state index contributed by atoms with van der Waals surface area (Å²) in [6.07, 6.45) is 0. The van der Waals surface area contributed by atoms with E-state index in [2.05, 4.69) is 19.4 Å². The molecule has 2 aromatic heterocycles. The molecular weight excluding hydrogens is 328 g/mol. The van der Waals surface area contributed by atoms with Crippen LogP contribution in [-0.2, 0) is 10.2 Å². The molecule has 0 aliphatic rings. The molecule has 116 valence electrons. The summed E-state index contributed by atoms with van der Waals surface area (Å²) in [6.45, 7) is 0. The molecule has 0 unspecified atom stereocenters. The molecule has 0 atom stereocenters. The first-order valence-electron chi connectivity index (χ1n) is 5.66.